The van der Waals surface area contributed by atoms with Gasteiger partial charge in [0.1, 0.15) is 17.0 Å². The molecule has 0 radical (unpaired) electrons. The molecule has 2 aromatic heterocycles. The maximum atomic E-state index is 12.2. The number of carbonyl (C=O) groups excluding carboxylic acids is 1. The largest absolute Gasteiger partial charge is 0.360 e. The number of hydrogen-bond acceptors (Lipinski definition) is 5. The summed E-state index contributed by atoms with van der Waals surface area (Å²) in [6.07, 6.45) is 7.32. The van der Waals surface area contributed by atoms with Gasteiger partial charge in [0.05, 0.1) is 11.9 Å². The van der Waals surface area contributed by atoms with Gasteiger partial charge in [-0.25, -0.2) is 9.97 Å². The van der Waals surface area contributed by atoms with Crippen LogP contribution in [-0.4, -0.2) is 40.4 Å². The monoisotopic (exact) mass is 330 g/mol. The lowest BCUT2D eigenvalue weighted by Gasteiger charge is -2.19. The van der Waals surface area contributed by atoms with Gasteiger partial charge in [-0.05, 0) is 43.6 Å². The average molecular weight is 330 g/mol. The molecule has 4 rings (SSSR count). The molecular formula is C17H22N4OS. The third-order valence-corrected chi connectivity index (χ3v) is 6.12. The second kappa shape index (κ2) is 6.07. The zero-order valence-corrected chi connectivity index (χ0v) is 14.3. The van der Waals surface area contributed by atoms with Crippen molar-refractivity contribution in [2.45, 2.75) is 39.0 Å². The van der Waals surface area contributed by atoms with Crippen LogP contribution in [0, 0.1) is 5.92 Å². The van der Waals surface area contributed by atoms with E-state index in [0.29, 0.717) is 6.54 Å². The fourth-order valence-electron chi connectivity index (χ4n) is 3.65. The van der Waals surface area contributed by atoms with Crippen molar-refractivity contribution in [1.82, 2.24) is 14.9 Å². The van der Waals surface area contributed by atoms with Crippen molar-refractivity contribution in [3.8, 4) is 0 Å². The molecule has 1 fully saturated rings. The number of anilines is 1. The maximum absolute atomic E-state index is 12.2. The second-order valence-corrected chi connectivity index (χ2v) is 7.78. The maximum Gasteiger partial charge on any atom is 0.241 e. The molecule has 3 heterocycles. The van der Waals surface area contributed by atoms with Crippen molar-refractivity contribution < 1.29 is 4.79 Å². The van der Waals surface area contributed by atoms with Crippen LogP contribution in [0.15, 0.2) is 6.33 Å². The summed E-state index contributed by atoms with van der Waals surface area (Å²) >= 11 is 1.79. The third kappa shape index (κ3) is 2.80. The van der Waals surface area contributed by atoms with Crippen LogP contribution in [0.3, 0.4) is 0 Å². The number of hydrogen-bond donors (Lipinski definition) is 1. The first kappa shape index (κ1) is 14.9. The molecule has 122 valence electrons. The molecule has 1 N–H and O–H groups in total. The predicted octanol–water partition coefficient (Wildman–Crippen LogP) is 2.85. The van der Waals surface area contributed by atoms with Crippen LogP contribution in [0.5, 0.6) is 0 Å². The number of carbonyl (C=O) groups is 1. The van der Waals surface area contributed by atoms with Gasteiger partial charge in [0.2, 0.25) is 5.91 Å². The first-order valence-electron chi connectivity index (χ1n) is 8.49. The molecule has 1 amide bonds. The zero-order valence-electron chi connectivity index (χ0n) is 13.5. The van der Waals surface area contributed by atoms with Gasteiger partial charge in [-0.2, -0.15) is 0 Å². The lowest BCUT2D eigenvalue weighted by atomic mass is 9.89. The molecule has 2 aliphatic rings. The number of amides is 1. The van der Waals surface area contributed by atoms with Gasteiger partial charge in [-0.15, -0.1) is 11.3 Å². The number of fused-ring (bicyclic) bond motifs is 3. The summed E-state index contributed by atoms with van der Waals surface area (Å²) in [5.41, 5.74) is 1.40. The van der Waals surface area contributed by atoms with Crippen molar-refractivity contribution >= 4 is 33.3 Å². The zero-order chi connectivity index (χ0) is 15.8. The van der Waals surface area contributed by atoms with Gasteiger partial charge in [0, 0.05) is 18.0 Å². The smallest absolute Gasteiger partial charge is 0.241 e. The molecular weight excluding hydrogens is 308 g/mol. The van der Waals surface area contributed by atoms with Crippen molar-refractivity contribution in [1.29, 1.82) is 0 Å². The molecule has 1 aliphatic heterocycles. The number of rotatable bonds is 3. The van der Waals surface area contributed by atoms with Crippen LogP contribution >= 0.6 is 11.3 Å². The first-order chi connectivity index (χ1) is 11.2. The Labute approximate surface area is 140 Å². The fraction of sp³-hybridized carbons (Fsp3) is 0.588. The highest BCUT2D eigenvalue weighted by Gasteiger charge is 2.24. The van der Waals surface area contributed by atoms with Crippen molar-refractivity contribution in [3.05, 3.63) is 16.8 Å². The van der Waals surface area contributed by atoms with Gasteiger partial charge in [-0.3, -0.25) is 4.79 Å². The van der Waals surface area contributed by atoms with Gasteiger partial charge in [0.15, 0.2) is 0 Å². The SMILES string of the molecule is CC1CCc2c(sc3ncnc(NCC(=O)N4CCCC4)c23)C1. The number of thiophene rings is 1. The Balaban J connectivity index is 1.58. The van der Waals surface area contributed by atoms with Crippen molar-refractivity contribution in [2.75, 3.05) is 25.0 Å². The highest BCUT2D eigenvalue weighted by atomic mass is 32.1. The molecule has 0 saturated carbocycles. The molecule has 2 aromatic rings. The summed E-state index contributed by atoms with van der Waals surface area (Å²) in [6.45, 7) is 4.43. The molecule has 1 saturated heterocycles. The van der Waals surface area contributed by atoms with E-state index in [0.717, 1.165) is 60.7 Å². The lowest BCUT2D eigenvalue weighted by Crippen LogP contribution is -2.33. The number of nitrogens with one attached hydrogen (secondary N) is 1. The van der Waals surface area contributed by atoms with E-state index in [1.54, 1.807) is 17.7 Å². The minimum atomic E-state index is 0.173. The van der Waals surface area contributed by atoms with Crippen molar-refractivity contribution in [3.63, 3.8) is 0 Å². The van der Waals surface area contributed by atoms with E-state index in [4.69, 9.17) is 0 Å². The Morgan fingerprint density at radius 1 is 1.39 bits per heavy atom. The third-order valence-electron chi connectivity index (χ3n) is 4.96. The van der Waals surface area contributed by atoms with Crippen LogP contribution in [0.4, 0.5) is 5.82 Å². The highest BCUT2D eigenvalue weighted by molar-refractivity contribution is 7.19. The second-order valence-electron chi connectivity index (χ2n) is 6.70. The minimum Gasteiger partial charge on any atom is -0.360 e. The lowest BCUT2D eigenvalue weighted by molar-refractivity contribution is -0.128. The van der Waals surface area contributed by atoms with Crippen LogP contribution in [0.1, 0.15) is 36.6 Å². The van der Waals surface area contributed by atoms with Gasteiger partial charge in [-0.1, -0.05) is 6.92 Å². The predicted molar refractivity (Wildman–Crippen MR) is 92.9 cm³/mol. The average Bonchev–Trinajstić information content (AvgIpc) is 3.19. The quantitative estimate of drug-likeness (QED) is 0.940. The van der Waals surface area contributed by atoms with E-state index in [-0.39, 0.29) is 5.91 Å². The molecule has 1 unspecified atom stereocenters. The van der Waals surface area contributed by atoms with E-state index in [1.165, 1.54) is 16.9 Å². The molecule has 23 heavy (non-hydrogen) atoms. The Bertz CT molecular complexity index is 736. The molecule has 1 aliphatic carbocycles. The van der Waals surface area contributed by atoms with E-state index in [1.807, 2.05) is 4.90 Å². The summed E-state index contributed by atoms with van der Waals surface area (Å²) in [6, 6.07) is 0. The molecule has 0 bridgehead atoms. The highest BCUT2D eigenvalue weighted by Crippen LogP contribution is 2.39. The molecule has 5 nitrogen and oxygen atoms in total. The van der Waals surface area contributed by atoms with E-state index < -0.39 is 0 Å². The number of likely N-dealkylation sites (tertiary alicyclic amines) is 1. The summed E-state index contributed by atoms with van der Waals surface area (Å²) < 4.78 is 0. The Morgan fingerprint density at radius 3 is 3.04 bits per heavy atom. The molecule has 6 heteroatoms. The normalized spacial score (nSPS) is 20.7. The number of aryl methyl sites for hydroxylation is 1. The van der Waals surface area contributed by atoms with Crippen LogP contribution in [-0.2, 0) is 17.6 Å². The summed E-state index contributed by atoms with van der Waals surface area (Å²) in [7, 11) is 0. The first-order valence-corrected chi connectivity index (χ1v) is 9.31. The van der Waals surface area contributed by atoms with E-state index in [2.05, 4.69) is 22.2 Å². The summed E-state index contributed by atoms with van der Waals surface area (Å²) in [5, 5.41) is 4.42. The van der Waals surface area contributed by atoms with Crippen LogP contribution < -0.4 is 5.32 Å². The standard InChI is InChI=1S/C17H22N4OS/c1-11-4-5-12-13(8-11)23-17-15(12)16(19-10-20-17)18-9-14(22)21-6-2-3-7-21/h10-11H,2-9H2,1H3,(H,18,19,20). The van der Waals surface area contributed by atoms with E-state index in [9.17, 15) is 4.79 Å². The topological polar surface area (TPSA) is 58.1 Å². The van der Waals surface area contributed by atoms with Crippen LogP contribution in [0.2, 0.25) is 0 Å². The number of aromatic nitrogens is 2. The summed E-state index contributed by atoms with van der Waals surface area (Å²) in [4.78, 5) is 25.6. The minimum absolute atomic E-state index is 0.173. The fourth-order valence-corrected chi connectivity index (χ4v) is 5.00. The molecule has 0 spiro atoms. The number of nitrogens with zero attached hydrogens (tertiary/aromatic N) is 3. The van der Waals surface area contributed by atoms with Crippen molar-refractivity contribution in [2.24, 2.45) is 5.92 Å². The van der Waals surface area contributed by atoms with Gasteiger partial charge < -0.3 is 10.2 Å². The summed E-state index contributed by atoms with van der Waals surface area (Å²) in [5.74, 6) is 1.75. The molecule has 1 atom stereocenters. The van der Waals surface area contributed by atoms with Crippen LogP contribution in [0.25, 0.3) is 10.2 Å². The Morgan fingerprint density at radius 2 is 2.22 bits per heavy atom. The van der Waals surface area contributed by atoms with Gasteiger partial charge >= 0.3 is 0 Å². The van der Waals surface area contributed by atoms with Gasteiger partial charge in [0.25, 0.3) is 0 Å². The van der Waals surface area contributed by atoms with E-state index >= 15 is 0 Å². The Kier molecular flexibility index (Phi) is 3.93. The Hall–Kier alpha value is -1.69. The molecule has 0 aromatic carbocycles.